The van der Waals surface area contributed by atoms with Crippen molar-refractivity contribution in [2.75, 3.05) is 0 Å². The Kier molecular flexibility index (Phi) is 4.26. The first-order valence-corrected chi connectivity index (χ1v) is 5.17. The van der Waals surface area contributed by atoms with Crippen LogP contribution in [0.15, 0.2) is 18.2 Å². The van der Waals surface area contributed by atoms with Crippen LogP contribution in [0.1, 0.15) is 24.0 Å². The van der Waals surface area contributed by atoms with E-state index >= 15 is 0 Å². The van der Waals surface area contributed by atoms with Crippen LogP contribution in [0.5, 0.6) is 0 Å². The lowest BCUT2D eigenvalue weighted by atomic mass is 10.0. The van der Waals surface area contributed by atoms with Crippen molar-refractivity contribution in [3.8, 4) is 6.07 Å². The number of alkyl halides is 2. The minimum atomic E-state index is -2.46. The molecule has 0 radical (unpaired) electrons. The average molecular weight is 307 g/mol. The standard InChI is InChI=1S/C10H8F2IN/c11-10(12)9-7(4-2-6-14)3-1-5-8(9)13/h1,3,5,10H,2,4H2. The van der Waals surface area contributed by atoms with E-state index in [9.17, 15) is 8.78 Å². The molecule has 0 atom stereocenters. The van der Waals surface area contributed by atoms with Crippen LogP contribution in [-0.4, -0.2) is 0 Å². The van der Waals surface area contributed by atoms with Gasteiger partial charge in [-0.05, 0) is 40.6 Å². The summed E-state index contributed by atoms with van der Waals surface area (Å²) in [5.74, 6) is 0. The highest BCUT2D eigenvalue weighted by atomic mass is 127. The van der Waals surface area contributed by atoms with Crippen molar-refractivity contribution in [2.45, 2.75) is 19.3 Å². The van der Waals surface area contributed by atoms with E-state index in [2.05, 4.69) is 0 Å². The second kappa shape index (κ2) is 5.25. The molecule has 1 aromatic carbocycles. The molecule has 0 fully saturated rings. The fourth-order valence-corrected chi connectivity index (χ4v) is 2.02. The normalized spacial score (nSPS) is 10.2. The number of nitriles is 1. The Balaban J connectivity index is 3.03. The molecule has 1 nitrogen and oxygen atoms in total. The first-order chi connectivity index (χ1) is 6.66. The second-order valence-electron chi connectivity index (χ2n) is 2.77. The summed E-state index contributed by atoms with van der Waals surface area (Å²) in [5.41, 5.74) is 0.650. The smallest absolute Gasteiger partial charge is 0.205 e. The van der Waals surface area contributed by atoms with Gasteiger partial charge in [-0.1, -0.05) is 12.1 Å². The fourth-order valence-electron chi connectivity index (χ4n) is 1.23. The summed E-state index contributed by atoms with van der Waals surface area (Å²) in [6, 6.07) is 7.00. The van der Waals surface area contributed by atoms with Gasteiger partial charge in [0.15, 0.2) is 0 Å². The van der Waals surface area contributed by atoms with Crippen LogP contribution in [0.3, 0.4) is 0 Å². The molecule has 0 aliphatic heterocycles. The Bertz CT molecular complexity index is 358. The van der Waals surface area contributed by atoms with Crippen LogP contribution in [-0.2, 0) is 6.42 Å². The highest BCUT2D eigenvalue weighted by Gasteiger charge is 2.15. The van der Waals surface area contributed by atoms with Gasteiger partial charge in [0.1, 0.15) is 0 Å². The third-order valence-corrected chi connectivity index (χ3v) is 2.81. The third kappa shape index (κ3) is 2.64. The summed E-state index contributed by atoms with van der Waals surface area (Å²) in [6.07, 6.45) is -1.79. The number of aryl methyl sites for hydroxylation is 1. The third-order valence-electron chi connectivity index (χ3n) is 1.87. The zero-order valence-corrected chi connectivity index (χ0v) is 9.46. The number of hydrogen-bond acceptors (Lipinski definition) is 1. The van der Waals surface area contributed by atoms with Gasteiger partial charge in [-0.25, -0.2) is 8.78 Å². The molecule has 0 aliphatic rings. The average Bonchev–Trinajstić information content (AvgIpc) is 2.14. The molecule has 4 heteroatoms. The van der Waals surface area contributed by atoms with E-state index < -0.39 is 6.43 Å². The summed E-state index contributed by atoms with van der Waals surface area (Å²) in [6.45, 7) is 0. The molecule has 0 amide bonds. The lowest BCUT2D eigenvalue weighted by Gasteiger charge is -2.09. The summed E-state index contributed by atoms with van der Waals surface area (Å²) >= 11 is 1.89. The molecule has 1 aromatic rings. The fraction of sp³-hybridized carbons (Fsp3) is 0.300. The predicted molar refractivity (Wildman–Crippen MR) is 58.1 cm³/mol. The number of rotatable bonds is 3. The Morgan fingerprint density at radius 1 is 1.43 bits per heavy atom. The van der Waals surface area contributed by atoms with Gasteiger partial charge < -0.3 is 0 Å². The SMILES string of the molecule is N#CCCc1cccc(I)c1C(F)F. The van der Waals surface area contributed by atoms with Crippen LogP contribution < -0.4 is 0 Å². The van der Waals surface area contributed by atoms with Crippen molar-refractivity contribution in [2.24, 2.45) is 0 Å². The van der Waals surface area contributed by atoms with E-state index in [0.717, 1.165) is 0 Å². The summed E-state index contributed by atoms with van der Waals surface area (Å²) < 4.78 is 25.8. The quantitative estimate of drug-likeness (QED) is 0.781. The Labute approximate surface area is 94.9 Å². The van der Waals surface area contributed by atoms with Crippen LogP contribution in [0.25, 0.3) is 0 Å². The summed E-state index contributed by atoms with van der Waals surface area (Å²) in [4.78, 5) is 0. The molecule has 0 bridgehead atoms. The molecule has 0 saturated heterocycles. The molecular weight excluding hydrogens is 299 g/mol. The van der Waals surface area contributed by atoms with Crippen molar-refractivity contribution < 1.29 is 8.78 Å². The molecule has 0 aliphatic carbocycles. The first-order valence-electron chi connectivity index (χ1n) is 4.09. The minimum absolute atomic E-state index is 0.0725. The topological polar surface area (TPSA) is 23.8 Å². The molecule has 74 valence electrons. The molecule has 0 unspecified atom stereocenters. The maximum absolute atomic E-state index is 12.6. The number of benzene rings is 1. The Morgan fingerprint density at radius 2 is 2.14 bits per heavy atom. The summed E-state index contributed by atoms with van der Waals surface area (Å²) in [7, 11) is 0. The monoisotopic (exact) mass is 307 g/mol. The minimum Gasteiger partial charge on any atom is -0.205 e. The van der Waals surface area contributed by atoms with Gasteiger partial charge in [0.25, 0.3) is 6.43 Å². The lowest BCUT2D eigenvalue weighted by molar-refractivity contribution is 0.149. The number of nitrogens with zero attached hydrogens (tertiary/aromatic N) is 1. The molecule has 14 heavy (non-hydrogen) atoms. The number of halogens is 3. The zero-order chi connectivity index (χ0) is 10.6. The van der Waals surface area contributed by atoms with Crippen LogP contribution in [0.4, 0.5) is 8.78 Å². The second-order valence-corrected chi connectivity index (χ2v) is 3.93. The molecular formula is C10H8F2IN. The van der Waals surface area contributed by atoms with Gasteiger partial charge in [-0.2, -0.15) is 5.26 Å². The highest BCUT2D eigenvalue weighted by molar-refractivity contribution is 14.1. The molecule has 0 aromatic heterocycles. The largest absolute Gasteiger partial charge is 0.265 e. The molecule has 0 N–H and O–H groups in total. The van der Waals surface area contributed by atoms with E-state index in [1.165, 1.54) is 0 Å². The predicted octanol–water partition coefficient (Wildman–Crippen LogP) is 3.68. The first kappa shape index (κ1) is 11.4. The maximum atomic E-state index is 12.6. The Morgan fingerprint density at radius 3 is 2.71 bits per heavy atom. The summed E-state index contributed by atoms with van der Waals surface area (Å²) in [5, 5.41) is 8.39. The molecule has 0 saturated carbocycles. The van der Waals surface area contributed by atoms with E-state index in [1.807, 2.05) is 28.7 Å². The van der Waals surface area contributed by atoms with Crippen molar-refractivity contribution in [1.82, 2.24) is 0 Å². The highest BCUT2D eigenvalue weighted by Crippen LogP contribution is 2.28. The van der Waals surface area contributed by atoms with Crippen LogP contribution >= 0.6 is 22.6 Å². The van der Waals surface area contributed by atoms with Gasteiger partial charge in [-0.3, -0.25) is 0 Å². The van der Waals surface area contributed by atoms with Gasteiger partial charge >= 0.3 is 0 Å². The molecule has 0 spiro atoms. The lowest BCUT2D eigenvalue weighted by Crippen LogP contribution is -1.97. The van der Waals surface area contributed by atoms with Crippen molar-refractivity contribution in [3.05, 3.63) is 32.9 Å². The van der Waals surface area contributed by atoms with Gasteiger partial charge in [-0.15, -0.1) is 0 Å². The molecule has 0 heterocycles. The Hall–Kier alpha value is -0.700. The van der Waals surface area contributed by atoms with E-state index in [1.54, 1.807) is 18.2 Å². The van der Waals surface area contributed by atoms with Crippen molar-refractivity contribution in [1.29, 1.82) is 5.26 Å². The van der Waals surface area contributed by atoms with Gasteiger partial charge in [0.2, 0.25) is 0 Å². The number of hydrogen-bond donors (Lipinski definition) is 0. The van der Waals surface area contributed by atoms with Gasteiger partial charge in [0.05, 0.1) is 6.07 Å². The zero-order valence-electron chi connectivity index (χ0n) is 7.30. The van der Waals surface area contributed by atoms with E-state index in [-0.39, 0.29) is 12.0 Å². The van der Waals surface area contributed by atoms with E-state index in [0.29, 0.717) is 15.6 Å². The molecule has 1 rings (SSSR count). The van der Waals surface area contributed by atoms with E-state index in [4.69, 9.17) is 5.26 Å². The van der Waals surface area contributed by atoms with Crippen LogP contribution in [0.2, 0.25) is 0 Å². The van der Waals surface area contributed by atoms with Gasteiger partial charge in [0, 0.05) is 15.6 Å². The van der Waals surface area contributed by atoms with Crippen LogP contribution in [0, 0.1) is 14.9 Å². The van der Waals surface area contributed by atoms with Crippen molar-refractivity contribution in [3.63, 3.8) is 0 Å². The maximum Gasteiger partial charge on any atom is 0.265 e. The van der Waals surface area contributed by atoms with Crippen molar-refractivity contribution >= 4 is 22.6 Å².